The Morgan fingerprint density at radius 1 is 1.21 bits per heavy atom. The van der Waals surface area contributed by atoms with Crippen molar-refractivity contribution in [3.8, 4) is 5.75 Å². The second-order valence-corrected chi connectivity index (χ2v) is 6.47. The van der Waals surface area contributed by atoms with Crippen LogP contribution in [-0.2, 0) is 9.53 Å². The summed E-state index contributed by atoms with van der Waals surface area (Å²) in [6, 6.07) is 8.40. The molecule has 6 heteroatoms. The number of carbonyl (C=O) groups is 1. The van der Waals surface area contributed by atoms with Gasteiger partial charge in [0.15, 0.2) is 0 Å². The molecular weight excluding hydrogens is 306 g/mol. The van der Waals surface area contributed by atoms with Gasteiger partial charge < -0.3 is 14.4 Å². The number of para-hydroxylation sites is 1. The first-order chi connectivity index (χ1) is 11.7. The number of ether oxygens (including phenoxy) is 2. The quantitative estimate of drug-likeness (QED) is 0.817. The van der Waals surface area contributed by atoms with Crippen LogP contribution in [0, 0.1) is 0 Å². The van der Waals surface area contributed by atoms with Gasteiger partial charge in [-0.25, -0.2) is 0 Å². The Bertz CT molecular complexity index is 560. The summed E-state index contributed by atoms with van der Waals surface area (Å²) < 4.78 is 10.9. The van der Waals surface area contributed by atoms with Crippen molar-refractivity contribution in [1.82, 2.24) is 14.7 Å². The van der Waals surface area contributed by atoms with E-state index in [4.69, 9.17) is 9.47 Å². The van der Waals surface area contributed by atoms with E-state index in [-0.39, 0.29) is 11.9 Å². The molecule has 1 aromatic carbocycles. The van der Waals surface area contributed by atoms with Crippen LogP contribution in [0.15, 0.2) is 24.3 Å². The van der Waals surface area contributed by atoms with Gasteiger partial charge in [-0.1, -0.05) is 18.2 Å². The Balaban J connectivity index is 1.65. The van der Waals surface area contributed by atoms with E-state index >= 15 is 0 Å². The minimum absolute atomic E-state index is 0.210. The van der Waals surface area contributed by atoms with Crippen molar-refractivity contribution in [2.24, 2.45) is 0 Å². The third-order valence-corrected chi connectivity index (χ3v) is 4.95. The first-order valence-corrected chi connectivity index (χ1v) is 8.60. The number of morpholine rings is 1. The number of carbonyl (C=O) groups excluding carboxylic acids is 1. The molecule has 2 aliphatic rings. The fraction of sp³-hybridized carbons (Fsp3) is 0.611. The predicted octanol–water partition coefficient (Wildman–Crippen LogP) is 0.843. The Morgan fingerprint density at radius 3 is 2.71 bits per heavy atom. The number of nitrogens with zero attached hydrogens (tertiary/aromatic N) is 3. The molecule has 0 bridgehead atoms. The van der Waals surface area contributed by atoms with E-state index in [0.717, 1.165) is 25.4 Å². The van der Waals surface area contributed by atoms with Crippen LogP contribution in [-0.4, -0.2) is 87.2 Å². The van der Waals surface area contributed by atoms with Gasteiger partial charge in [-0.2, -0.15) is 0 Å². The van der Waals surface area contributed by atoms with Crippen LogP contribution < -0.4 is 4.74 Å². The molecule has 1 aromatic rings. The van der Waals surface area contributed by atoms with Crippen molar-refractivity contribution >= 4 is 5.91 Å². The van der Waals surface area contributed by atoms with Crippen molar-refractivity contribution in [2.75, 3.05) is 66.6 Å². The molecule has 0 spiro atoms. The number of amides is 1. The first-order valence-electron chi connectivity index (χ1n) is 8.60. The third-order valence-electron chi connectivity index (χ3n) is 4.95. The number of hydrogen-bond donors (Lipinski definition) is 0. The van der Waals surface area contributed by atoms with E-state index in [2.05, 4.69) is 22.9 Å². The Hall–Kier alpha value is -1.63. The van der Waals surface area contributed by atoms with Crippen molar-refractivity contribution < 1.29 is 14.3 Å². The molecule has 2 heterocycles. The summed E-state index contributed by atoms with van der Waals surface area (Å²) in [5.74, 6) is 1.12. The number of hydrogen-bond acceptors (Lipinski definition) is 5. The maximum Gasteiger partial charge on any atom is 0.236 e. The zero-order valence-corrected chi connectivity index (χ0v) is 14.6. The highest BCUT2D eigenvalue weighted by Crippen LogP contribution is 2.31. The van der Waals surface area contributed by atoms with Crippen LogP contribution in [0.25, 0.3) is 0 Å². The highest BCUT2D eigenvalue weighted by atomic mass is 16.5. The molecule has 0 N–H and O–H groups in total. The van der Waals surface area contributed by atoms with Crippen LogP contribution in [0.3, 0.4) is 0 Å². The highest BCUT2D eigenvalue weighted by molar-refractivity contribution is 5.78. The highest BCUT2D eigenvalue weighted by Gasteiger charge is 2.29. The molecule has 2 aliphatic heterocycles. The summed E-state index contributed by atoms with van der Waals surface area (Å²) in [5.41, 5.74) is 1.19. The molecule has 0 saturated carbocycles. The summed E-state index contributed by atoms with van der Waals surface area (Å²) in [6.45, 7) is 5.91. The van der Waals surface area contributed by atoms with Gasteiger partial charge >= 0.3 is 0 Å². The normalized spacial score (nSPS) is 23.2. The molecule has 1 amide bonds. The molecule has 0 unspecified atom stereocenters. The summed E-state index contributed by atoms with van der Waals surface area (Å²) in [7, 11) is 3.85. The van der Waals surface area contributed by atoms with E-state index in [9.17, 15) is 4.79 Å². The maximum absolute atomic E-state index is 12.5. The van der Waals surface area contributed by atoms with Gasteiger partial charge in [-0.3, -0.25) is 14.6 Å². The van der Waals surface area contributed by atoms with Crippen molar-refractivity contribution in [3.63, 3.8) is 0 Å². The predicted molar refractivity (Wildman–Crippen MR) is 92.2 cm³/mol. The molecule has 1 atom stereocenters. The molecule has 0 aromatic heterocycles. The number of piperazine rings is 1. The molecule has 0 radical (unpaired) electrons. The van der Waals surface area contributed by atoms with Crippen molar-refractivity contribution in [2.45, 2.75) is 6.04 Å². The van der Waals surface area contributed by atoms with Crippen LogP contribution in [0.2, 0.25) is 0 Å². The van der Waals surface area contributed by atoms with Gasteiger partial charge in [-0.15, -0.1) is 0 Å². The molecule has 6 nitrogen and oxygen atoms in total. The van der Waals surface area contributed by atoms with Crippen LogP contribution in [0.4, 0.5) is 0 Å². The zero-order valence-electron chi connectivity index (χ0n) is 14.6. The lowest BCUT2D eigenvalue weighted by Gasteiger charge is -2.40. The van der Waals surface area contributed by atoms with E-state index in [1.807, 2.05) is 23.1 Å². The molecule has 2 fully saturated rings. The monoisotopic (exact) mass is 333 g/mol. The Labute approximate surface area is 143 Å². The lowest BCUT2D eigenvalue weighted by atomic mass is 10.0. The van der Waals surface area contributed by atoms with Gasteiger partial charge in [0.25, 0.3) is 0 Å². The molecule has 3 rings (SSSR count). The van der Waals surface area contributed by atoms with Gasteiger partial charge in [-0.05, 0) is 13.1 Å². The summed E-state index contributed by atoms with van der Waals surface area (Å²) in [6.07, 6.45) is 0. The number of rotatable bonds is 4. The lowest BCUT2D eigenvalue weighted by molar-refractivity contribution is -0.137. The van der Waals surface area contributed by atoms with Crippen molar-refractivity contribution in [1.29, 1.82) is 0 Å². The molecular formula is C18H27N3O3. The van der Waals surface area contributed by atoms with E-state index in [0.29, 0.717) is 32.8 Å². The SMILES string of the molecule is COc1ccccc1[C@@H]1CN(CC(=O)N2CCOCC2)CCN1C. The standard InChI is InChI=1S/C18H27N3O3/c1-19-7-8-20(14-18(22)21-9-11-24-12-10-21)13-16(19)15-5-3-4-6-17(15)23-2/h3-6,16H,7-14H2,1-2H3/t16-/m0/s1. The zero-order chi connectivity index (χ0) is 16.9. The van der Waals surface area contributed by atoms with Gasteiger partial charge in [0.2, 0.25) is 5.91 Å². The Kier molecular flexibility index (Phi) is 5.71. The molecule has 132 valence electrons. The average molecular weight is 333 g/mol. The van der Waals surface area contributed by atoms with Crippen LogP contribution in [0.1, 0.15) is 11.6 Å². The minimum atomic E-state index is 0.210. The smallest absolute Gasteiger partial charge is 0.236 e. The van der Waals surface area contributed by atoms with Gasteiger partial charge in [0.05, 0.1) is 32.9 Å². The van der Waals surface area contributed by atoms with Crippen LogP contribution in [0.5, 0.6) is 5.75 Å². The van der Waals surface area contributed by atoms with Crippen molar-refractivity contribution in [3.05, 3.63) is 29.8 Å². The first kappa shape index (κ1) is 17.2. The number of methoxy groups -OCH3 is 1. The fourth-order valence-corrected chi connectivity index (χ4v) is 3.46. The van der Waals surface area contributed by atoms with Gasteiger partial charge in [0.1, 0.15) is 5.75 Å². The average Bonchev–Trinajstić information content (AvgIpc) is 2.64. The lowest BCUT2D eigenvalue weighted by Crippen LogP contribution is -2.51. The molecule has 24 heavy (non-hydrogen) atoms. The fourth-order valence-electron chi connectivity index (χ4n) is 3.46. The molecule has 0 aliphatic carbocycles. The summed E-state index contributed by atoms with van der Waals surface area (Å²) >= 11 is 0. The Morgan fingerprint density at radius 2 is 1.96 bits per heavy atom. The number of likely N-dealkylation sites (N-methyl/N-ethyl adjacent to an activating group) is 1. The van der Waals surface area contributed by atoms with E-state index in [1.54, 1.807) is 7.11 Å². The van der Waals surface area contributed by atoms with E-state index < -0.39 is 0 Å². The topological polar surface area (TPSA) is 45.3 Å². The van der Waals surface area contributed by atoms with E-state index in [1.165, 1.54) is 5.56 Å². The summed E-state index contributed by atoms with van der Waals surface area (Å²) in [4.78, 5) is 19.0. The third kappa shape index (κ3) is 3.88. The second kappa shape index (κ2) is 7.96. The van der Waals surface area contributed by atoms with Crippen LogP contribution >= 0.6 is 0 Å². The minimum Gasteiger partial charge on any atom is -0.496 e. The molecule has 2 saturated heterocycles. The second-order valence-electron chi connectivity index (χ2n) is 6.47. The maximum atomic E-state index is 12.5. The number of benzene rings is 1. The largest absolute Gasteiger partial charge is 0.496 e. The summed E-state index contributed by atoms with van der Waals surface area (Å²) in [5, 5.41) is 0. The van der Waals surface area contributed by atoms with Gasteiger partial charge in [0, 0.05) is 38.3 Å².